The van der Waals surface area contributed by atoms with Gasteiger partial charge >= 0.3 is 5.51 Å². The maximum atomic E-state index is 12.3. The summed E-state index contributed by atoms with van der Waals surface area (Å²) in [6, 6.07) is 11.6. The summed E-state index contributed by atoms with van der Waals surface area (Å²) in [4.78, 5) is 12.2. The van der Waals surface area contributed by atoms with Crippen molar-refractivity contribution in [3.05, 3.63) is 65.7 Å². The number of alkyl halides is 3. The molecule has 2 aromatic carbocycles. The molecule has 0 saturated carbocycles. The average Bonchev–Trinajstić information content (AvgIpc) is 2.64. The molecule has 1 amide bonds. The summed E-state index contributed by atoms with van der Waals surface area (Å²) in [5.41, 5.74) is -3.17. The lowest BCUT2D eigenvalue weighted by molar-refractivity contribution is -0.116. The summed E-state index contributed by atoms with van der Waals surface area (Å²) in [6.07, 6.45) is 2.73. The highest BCUT2D eigenvalue weighted by atomic mass is 32.2. The lowest BCUT2D eigenvalue weighted by Crippen LogP contribution is -2.30. The first-order valence-corrected chi connectivity index (χ1v) is 11.2. The van der Waals surface area contributed by atoms with Crippen molar-refractivity contribution in [3.8, 4) is 0 Å². The maximum Gasteiger partial charge on any atom is 0.446 e. The van der Waals surface area contributed by atoms with Gasteiger partial charge in [-0.15, -0.1) is 0 Å². The molecule has 0 fully saturated rings. The van der Waals surface area contributed by atoms with Gasteiger partial charge in [-0.25, -0.2) is 13.1 Å². The van der Waals surface area contributed by atoms with Gasteiger partial charge in [-0.2, -0.15) is 13.2 Å². The molecule has 0 bridgehead atoms. The van der Waals surface area contributed by atoms with Crippen LogP contribution in [-0.2, 0) is 21.4 Å². The maximum absolute atomic E-state index is 12.3. The second-order valence-electron chi connectivity index (χ2n) is 6.59. The van der Waals surface area contributed by atoms with Crippen LogP contribution in [0.5, 0.6) is 0 Å². The molecule has 10 heteroatoms. The van der Waals surface area contributed by atoms with Gasteiger partial charge in [0.1, 0.15) is 0 Å². The third-order valence-electron chi connectivity index (χ3n) is 3.61. The molecular formula is C20H21F3N2O3S2. The Morgan fingerprint density at radius 2 is 1.80 bits per heavy atom. The van der Waals surface area contributed by atoms with Crippen molar-refractivity contribution in [2.45, 2.75) is 41.7 Å². The highest BCUT2D eigenvalue weighted by Gasteiger charge is 2.28. The predicted octanol–water partition coefficient (Wildman–Crippen LogP) is 4.31. The summed E-state index contributed by atoms with van der Waals surface area (Å²) in [6.45, 7) is 3.56. The molecule has 0 unspecified atom stereocenters. The number of amides is 1. The zero-order valence-electron chi connectivity index (χ0n) is 16.2. The van der Waals surface area contributed by atoms with Gasteiger partial charge in [0.2, 0.25) is 15.9 Å². The molecule has 0 heterocycles. The Morgan fingerprint density at radius 1 is 1.13 bits per heavy atom. The van der Waals surface area contributed by atoms with E-state index in [4.69, 9.17) is 0 Å². The zero-order valence-corrected chi connectivity index (χ0v) is 17.9. The topological polar surface area (TPSA) is 75.3 Å². The van der Waals surface area contributed by atoms with E-state index in [1.165, 1.54) is 48.6 Å². The number of benzene rings is 2. The fraction of sp³-hybridized carbons (Fsp3) is 0.250. The average molecular weight is 459 g/mol. The van der Waals surface area contributed by atoms with E-state index in [2.05, 4.69) is 10.0 Å². The fourth-order valence-electron chi connectivity index (χ4n) is 2.40. The van der Waals surface area contributed by atoms with Crippen molar-refractivity contribution in [1.82, 2.24) is 10.0 Å². The first kappa shape index (κ1) is 24.0. The normalized spacial score (nSPS) is 12.5. The molecule has 0 saturated heterocycles. The Bertz CT molecular complexity index is 1000. The number of sulfonamides is 1. The van der Waals surface area contributed by atoms with E-state index >= 15 is 0 Å². The second kappa shape index (κ2) is 10.1. The molecule has 2 aromatic rings. The molecule has 0 radical (unpaired) electrons. The molecule has 2 N–H and O–H groups in total. The van der Waals surface area contributed by atoms with Crippen LogP contribution in [0.25, 0.3) is 6.08 Å². The number of thioether (sulfide) groups is 1. The van der Waals surface area contributed by atoms with Crippen LogP contribution in [0.1, 0.15) is 25.0 Å². The minimum Gasteiger partial charge on any atom is -0.348 e. The largest absolute Gasteiger partial charge is 0.446 e. The molecule has 0 spiro atoms. The molecule has 0 aromatic heterocycles. The number of nitrogens with one attached hydrogen (secondary N) is 2. The van der Waals surface area contributed by atoms with Crippen LogP contribution >= 0.6 is 11.8 Å². The van der Waals surface area contributed by atoms with Crippen LogP contribution in [-0.4, -0.2) is 25.9 Å². The monoisotopic (exact) mass is 458 g/mol. The van der Waals surface area contributed by atoms with Crippen LogP contribution in [0.15, 0.2) is 64.4 Å². The number of hydrogen-bond acceptors (Lipinski definition) is 4. The van der Waals surface area contributed by atoms with Gasteiger partial charge in [-0.3, -0.25) is 4.79 Å². The summed E-state index contributed by atoms with van der Waals surface area (Å²) >= 11 is -0.205. The Kier molecular flexibility index (Phi) is 8.10. The van der Waals surface area contributed by atoms with Gasteiger partial charge in [0, 0.05) is 23.6 Å². The van der Waals surface area contributed by atoms with Crippen LogP contribution < -0.4 is 10.0 Å². The van der Waals surface area contributed by atoms with E-state index in [9.17, 15) is 26.4 Å². The van der Waals surface area contributed by atoms with Gasteiger partial charge in [0.25, 0.3) is 0 Å². The van der Waals surface area contributed by atoms with E-state index < -0.39 is 21.4 Å². The number of carbonyl (C=O) groups is 1. The quantitative estimate of drug-likeness (QED) is 0.457. The highest BCUT2D eigenvalue weighted by molar-refractivity contribution is 8.00. The summed E-state index contributed by atoms with van der Waals surface area (Å²) in [7, 11) is -3.63. The first-order valence-electron chi connectivity index (χ1n) is 8.87. The standard InChI is InChI=1S/C20H21F3N2O3S2/c1-14(2)25-30(27,28)18-5-3-4-16(12-18)13-24-19(26)11-8-15-6-9-17(10-7-15)29-20(21,22)23/h3-12,14,25H,13H2,1-2H3,(H,24,26)/b11-8+. The minimum absolute atomic E-state index is 0.0610. The smallest absolute Gasteiger partial charge is 0.348 e. The number of carbonyl (C=O) groups excluding carboxylic acids is 1. The molecule has 0 aliphatic rings. The van der Waals surface area contributed by atoms with Crippen LogP contribution in [0.3, 0.4) is 0 Å². The Labute approximate surface area is 177 Å². The molecule has 30 heavy (non-hydrogen) atoms. The summed E-state index contributed by atoms with van der Waals surface area (Å²) < 4.78 is 63.9. The van der Waals surface area contributed by atoms with Crippen molar-refractivity contribution in [3.63, 3.8) is 0 Å². The van der Waals surface area contributed by atoms with Crippen molar-refractivity contribution >= 4 is 33.8 Å². The molecule has 2 rings (SSSR count). The molecule has 0 atom stereocenters. The minimum atomic E-state index is -4.35. The number of rotatable bonds is 8. The van der Waals surface area contributed by atoms with Crippen LogP contribution in [0.4, 0.5) is 13.2 Å². The Morgan fingerprint density at radius 3 is 2.40 bits per heavy atom. The van der Waals surface area contributed by atoms with Crippen LogP contribution in [0.2, 0.25) is 0 Å². The van der Waals surface area contributed by atoms with Crippen LogP contribution in [0, 0.1) is 0 Å². The second-order valence-corrected chi connectivity index (χ2v) is 9.44. The first-order chi connectivity index (χ1) is 13.9. The van der Waals surface area contributed by atoms with Crippen molar-refractivity contribution in [1.29, 1.82) is 0 Å². The molecule has 0 aliphatic heterocycles. The summed E-state index contributed by atoms with van der Waals surface area (Å²) in [5, 5.41) is 2.64. The van der Waals surface area contributed by atoms with Crippen molar-refractivity contribution in [2.24, 2.45) is 0 Å². The van der Waals surface area contributed by atoms with E-state index in [0.717, 1.165) is 0 Å². The van der Waals surface area contributed by atoms with E-state index in [-0.39, 0.29) is 34.1 Å². The molecule has 5 nitrogen and oxygen atoms in total. The molecular weight excluding hydrogens is 437 g/mol. The zero-order chi connectivity index (χ0) is 22.4. The summed E-state index contributed by atoms with van der Waals surface area (Å²) in [5.74, 6) is -0.419. The van der Waals surface area contributed by atoms with E-state index in [1.807, 2.05) is 0 Å². The highest BCUT2D eigenvalue weighted by Crippen LogP contribution is 2.36. The number of hydrogen-bond donors (Lipinski definition) is 2. The predicted molar refractivity (Wildman–Crippen MR) is 111 cm³/mol. The lowest BCUT2D eigenvalue weighted by Gasteiger charge is -2.11. The number of halogens is 3. The van der Waals surface area contributed by atoms with E-state index in [0.29, 0.717) is 11.1 Å². The van der Waals surface area contributed by atoms with Crippen molar-refractivity contribution in [2.75, 3.05) is 0 Å². The Hall–Kier alpha value is -2.30. The van der Waals surface area contributed by atoms with Gasteiger partial charge in [-0.1, -0.05) is 24.3 Å². The SMILES string of the molecule is CC(C)NS(=O)(=O)c1cccc(CNC(=O)/C=C/c2ccc(SC(F)(F)F)cc2)c1. The third kappa shape index (κ3) is 8.21. The van der Waals surface area contributed by atoms with Gasteiger partial charge in [-0.05, 0) is 67.1 Å². The lowest BCUT2D eigenvalue weighted by atomic mass is 10.2. The Balaban J connectivity index is 1.94. The van der Waals surface area contributed by atoms with Crippen molar-refractivity contribution < 1.29 is 26.4 Å². The van der Waals surface area contributed by atoms with Gasteiger partial charge < -0.3 is 5.32 Å². The third-order valence-corrected chi connectivity index (χ3v) is 6.00. The molecule has 162 valence electrons. The van der Waals surface area contributed by atoms with Gasteiger partial charge in [0.15, 0.2) is 0 Å². The molecule has 0 aliphatic carbocycles. The van der Waals surface area contributed by atoms with Gasteiger partial charge in [0.05, 0.1) is 4.90 Å². The fourth-order valence-corrected chi connectivity index (χ4v) is 4.26. The van der Waals surface area contributed by atoms with E-state index in [1.54, 1.807) is 26.0 Å².